The van der Waals surface area contributed by atoms with Crippen molar-refractivity contribution in [2.45, 2.75) is 0 Å². The Morgan fingerprint density at radius 2 is 1.57 bits per heavy atom. The molecule has 2 aliphatic rings. The summed E-state index contributed by atoms with van der Waals surface area (Å²) in [5.74, 6) is 2.00. The van der Waals surface area contributed by atoms with E-state index in [0.717, 1.165) is 0 Å². The summed E-state index contributed by atoms with van der Waals surface area (Å²) in [6.07, 6.45) is 0. The lowest BCUT2D eigenvalue weighted by atomic mass is 10.1. The predicted octanol–water partition coefficient (Wildman–Crippen LogP) is 4.44. The zero-order chi connectivity index (χ0) is 20.7. The van der Waals surface area contributed by atoms with E-state index in [1.54, 1.807) is 49.5 Å². The number of benzene rings is 3. The Hall–Kier alpha value is -4.20. The third-order valence-electron chi connectivity index (χ3n) is 4.85. The molecule has 0 saturated heterocycles. The monoisotopic (exact) mass is 403 g/mol. The molecular formula is C22H17N3O5. The smallest absolute Gasteiger partial charge is 0.323 e. The molecule has 30 heavy (non-hydrogen) atoms. The summed E-state index contributed by atoms with van der Waals surface area (Å²) in [6, 6.07) is 16.9. The molecule has 2 aliphatic heterocycles. The second-order valence-corrected chi connectivity index (χ2v) is 6.79. The third kappa shape index (κ3) is 3.14. The predicted molar refractivity (Wildman–Crippen MR) is 111 cm³/mol. The van der Waals surface area contributed by atoms with Gasteiger partial charge in [0.05, 0.1) is 11.3 Å². The number of urea groups is 1. The van der Waals surface area contributed by atoms with Gasteiger partial charge in [-0.2, -0.15) is 0 Å². The summed E-state index contributed by atoms with van der Waals surface area (Å²) in [7, 11) is 1.69. The zero-order valence-corrected chi connectivity index (χ0v) is 16.0. The number of fused-ring (bicyclic) bond motifs is 3. The first-order valence-corrected chi connectivity index (χ1v) is 9.25. The fourth-order valence-electron chi connectivity index (χ4n) is 3.36. The van der Waals surface area contributed by atoms with Crippen LogP contribution in [0, 0.1) is 0 Å². The van der Waals surface area contributed by atoms with E-state index >= 15 is 0 Å². The van der Waals surface area contributed by atoms with Crippen LogP contribution in [0.25, 0.3) is 0 Å². The van der Waals surface area contributed by atoms with E-state index in [-0.39, 0.29) is 12.7 Å². The summed E-state index contributed by atoms with van der Waals surface area (Å²) < 4.78 is 16.5. The van der Waals surface area contributed by atoms with Crippen molar-refractivity contribution in [3.63, 3.8) is 0 Å². The molecule has 0 spiro atoms. The van der Waals surface area contributed by atoms with Crippen LogP contribution >= 0.6 is 0 Å². The molecule has 0 aliphatic carbocycles. The SMILES string of the molecule is CN1C(=O)c2cc(NC(=O)Nc3ccc4c(c3)OCO4)ccc2Oc2ccccc21. The molecule has 2 heterocycles. The summed E-state index contributed by atoms with van der Waals surface area (Å²) in [5, 5.41) is 5.47. The van der Waals surface area contributed by atoms with Crippen molar-refractivity contribution in [1.29, 1.82) is 0 Å². The Labute approximate surface area is 172 Å². The zero-order valence-electron chi connectivity index (χ0n) is 16.0. The van der Waals surface area contributed by atoms with E-state index in [4.69, 9.17) is 14.2 Å². The maximum absolute atomic E-state index is 12.9. The van der Waals surface area contributed by atoms with E-state index in [1.165, 1.54) is 4.90 Å². The molecule has 0 bridgehead atoms. The molecule has 2 N–H and O–H groups in total. The standard InChI is InChI=1S/C22H17N3O5/c1-25-16-4-2-3-5-18(16)30-17-8-6-13(10-15(17)21(25)26)23-22(27)24-14-7-9-19-20(11-14)29-12-28-19/h2-11H,12H2,1H3,(H2,23,24,27). The fraction of sp³-hybridized carbons (Fsp3) is 0.0909. The highest BCUT2D eigenvalue weighted by Crippen LogP contribution is 2.39. The molecule has 0 radical (unpaired) electrons. The Morgan fingerprint density at radius 3 is 2.40 bits per heavy atom. The fourth-order valence-corrected chi connectivity index (χ4v) is 3.36. The van der Waals surface area contributed by atoms with E-state index in [9.17, 15) is 9.59 Å². The summed E-state index contributed by atoms with van der Waals surface area (Å²) in [6.45, 7) is 0.161. The molecule has 0 atom stereocenters. The number of hydrogen-bond acceptors (Lipinski definition) is 5. The number of para-hydroxylation sites is 2. The number of nitrogens with one attached hydrogen (secondary N) is 2. The van der Waals surface area contributed by atoms with Crippen molar-refractivity contribution in [3.05, 3.63) is 66.2 Å². The molecule has 150 valence electrons. The van der Waals surface area contributed by atoms with Gasteiger partial charge in [0.2, 0.25) is 6.79 Å². The lowest BCUT2D eigenvalue weighted by molar-refractivity contribution is 0.0993. The van der Waals surface area contributed by atoms with Crippen molar-refractivity contribution in [3.8, 4) is 23.0 Å². The Morgan fingerprint density at radius 1 is 0.867 bits per heavy atom. The van der Waals surface area contributed by atoms with E-state index < -0.39 is 6.03 Å². The van der Waals surface area contributed by atoms with E-state index in [2.05, 4.69) is 10.6 Å². The van der Waals surface area contributed by atoms with Gasteiger partial charge in [0.1, 0.15) is 5.75 Å². The minimum atomic E-state index is -0.451. The van der Waals surface area contributed by atoms with Gasteiger partial charge in [-0.25, -0.2) is 4.79 Å². The van der Waals surface area contributed by atoms with Gasteiger partial charge in [-0.3, -0.25) is 4.79 Å². The van der Waals surface area contributed by atoms with Crippen LogP contribution in [-0.2, 0) is 0 Å². The van der Waals surface area contributed by atoms with Crippen LogP contribution in [0.4, 0.5) is 21.9 Å². The highest BCUT2D eigenvalue weighted by Gasteiger charge is 2.26. The Bertz CT molecular complexity index is 1180. The van der Waals surface area contributed by atoms with Crippen LogP contribution < -0.4 is 29.7 Å². The lowest BCUT2D eigenvalue weighted by Crippen LogP contribution is -2.25. The average molecular weight is 403 g/mol. The van der Waals surface area contributed by atoms with Gasteiger partial charge in [-0.05, 0) is 42.5 Å². The average Bonchev–Trinajstić information content (AvgIpc) is 3.18. The van der Waals surface area contributed by atoms with Crippen molar-refractivity contribution in [2.75, 3.05) is 29.4 Å². The number of hydrogen-bond donors (Lipinski definition) is 2. The Balaban J connectivity index is 1.36. The molecule has 0 fully saturated rings. The quantitative estimate of drug-likeness (QED) is 0.660. The van der Waals surface area contributed by atoms with Crippen molar-refractivity contribution in [1.82, 2.24) is 0 Å². The van der Waals surface area contributed by atoms with Crippen LogP contribution in [-0.4, -0.2) is 25.8 Å². The van der Waals surface area contributed by atoms with Gasteiger partial charge >= 0.3 is 6.03 Å². The summed E-state index contributed by atoms with van der Waals surface area (Å²) in [4.78, 5) is 26.9. The number of carbonyl (C=O) groups excluding carboxylic acids is 2. The van der Waals surface area contributed by atoms with Crippen molar-refractivity contribution in [2.24, 2.45) is 0 Å². The van der Waals surface area contributed by atoms with Gasteiger partial charge in [-0.15, -0.1) is 0 Å². The van der Waals surface area contributed by atoms with Crippen molar-refractivity contribution < 1.29 is 23.8 Å². The highest BCUT2D eigenvalue weighted by atomic mass is 16.7. The van der Waals surface area contributed by atoms with E-state index in [0.29, 0.717) is 45.6 Å². The van der Waals surface area contributed by atoms with Crippen LogP contribution in [0.3, 0.4) is 0 Å². The molecule has 8 heteroatoms. The van der Waals surface area contributed by atoms with Crippen LogP contribution in [0.5, 0.6) is 23.0 Å². The Kier molecular flexibility index (Phi) is 4.17. The number of amides is 3. The maximum Gasteiger partial charge on any atom is 0.323 e. The second kappa shape index (κ2) is 7.00. The topological polar surface area (TPSA) is 89.1 Å². The molecule has 3 aromatic carbocycles. The van der Waals surface area contributed by atoms with Gasteiger partial charge < -0.3 is 29.7 Å². The minimum Gasteiger partial charge on any atom is -0.454 e. The molecule has 5 rings (SSSR count). The number of nitrogens with zero attached hydrogens (tertiary/aromatic N) is 1. The summed E-state index contributed by atoms with van der Waals surface area (Å²) in [5.41, 5.74) is 2.05. The first-order valence-electron chi connectivity index (χ1n) is 9.25. The minimum absolute atomic E-state index is 0.161. The first-order chi connectivity index (χ1) is 14.6. The van der Waals surface area contributed by atoms with Gasteiger partial charge in [-0.1, -0.05) is 12.1 Å². The first kappa shape index (κ1) is 17.9. The summed E-state index contributed by atoms with van der Waals surface area (Å²) >= 11 is 0. The molecular weight excluding hydrogens is 386 g/mol. The van der Waals surface area contributed by atoms with Crippen LogP contribution in [0.2, 0.25) is 0 Å². The van der Waals surface area contributed by atoms with Gasteiger partial charge in [0.25, 0.3) is 5.91 Å². The maximum atomic E-state index is 12.9. The van der Waals surface area contributed by atoms with Gasteiger partial charge in [0.15, 0.2) is 17.2 Å². The van der Waals surface area contributed by atoms with Crippen molar-refractivity contribution >= 4 is 29.0 Å². The highest BCUT2D eigenvalue weighted by molar-refractivity contribution is 6.10. The number of carbonyl (C=O) groups is 2. The molecule has 0 saturated carbocycles. The van der Waals surface area contributed by atoms with Crippen LogP contribution in [0.15, 0.2) is 60.7 Å². The largest absolute Gasteiger partial charge is 0.454 e. The normalized spacial score (nSPS) is 13.6. The van der Waals surface area contributed by atoms with Crippen LogP contribution in [0.1, 0.15) is 10.4 Å². The molecule has 0 aromatic heterocycles. The number of anilines is 3. The van der Waals surface area contributed by atoms with Gasteiger partial charge in [0, 0.05) is 24.5 Å². The number of rotatable bonds is 2. The molecule has 8 nitrogen and oxygen atoms in total. The third-order valence-corrected chi connectivity index (χ3v) is 4.85. The molecule has 3 aromatic rings. The number of ether oxygens (including phenoxy) is 3. The molecule has 0 unspecified atom stereocenters. The lowest BCUT2D eigenvalue weighted by Gasteiger charge is -2.16. The molecule has 3 amide bonds. The van der Waals surface area contributed by atoms with E-state index in [1.807, 2.05) is 18.2 Å². The second-order valence-electron chi connectivity index (χ2n) is 6.79.